The third-order valence-electron chi connectivity index (χ3n) is 3.92. The topological polar surface area (TPSA) is 58.4 Å². The molecule has 0 saturated heterocycles. The molecule has 2 aromatic heterocycles. The van der Waals surface area contributed by atoms with Crippen molar-refractivity contribution in [3.05, 3.63) is 47.5 Å². The Morgan fingerprint density at radius 3 is 2.90 bits per heavy atom. The largest absolute Gasteiger partial charge is 0.506 e. The van der Waals surface area contributed by atoms with E-state index in [2.05, 4.69) is 28.6 Å². The molecule has 1 aliphatic rings. The van der Waals surface area contributed by atoms with Crippen molar-refractivity contribution >= 4 is 5.91 Å². The Hall–Kier alpha value is -2.30. The van der Waals surface area contributed by atoms with E-state index in [1.807, 2.05) is 11.8 Å². The highest BCUT2D eigenvalue weighted by molar-refractivity contribution is 5.94. The van der Waals surface area contributed by atoms with Gasteiger partial charge in [0.25, 0.3) is 5.91 Å². The molecule has 0 fully saturated rings. The van der Waals surface area contributed by atoms with Gasteiger partial charge in [0.15, 0.2) is 0 Å². The van der Waals surface area contributed by atoms with Gasteiger partial charge in [0.1, 0.15) is 5.75 Å². The van der Waals surface area contributed by atoms with Gasteiger partial charge in [0.05, 0.1) is 17.8 Å². The molecule has 3 rings (SSSR count). The summed E-state index contributed by atoms with van der Waals surface area (Å²) in [4.78, 5) is 18.2. The minimum Gasteiger partial charge on any atom is -0.506 e. The summed E-state index contributed by atoms with van der Waals surface area (Å²) < 4.78 is 2.25. The third-order valence-corrected chi connectivity index (χ3v) is 3.92. The van der Waals surface area contributed by atoms with Gasteiger partial charge < -0.3 is 14.6 Å². The zero-order valence-corrected chi connectivity index (χ0v) is 11.6. The maximum atomic E-state index is 12.5. The Labute approximate surface area is 117 Å². The molecule has 1 N–H and O–H groups in total. The second-order valence-electron chi connectivity index (χ2n) is 5.16. The van der Waals surface area contributed by atoms with E-state index in [1.165, 1.54) is 24.2 Å². The van der Waals surface area contributed by atoms with Crippen molar-refractivity contribution in [2.24, 2.45) is 0 Å². The predicted molar refractivity (Wildman–Crippen MR) is 74.5 cm³/mol. The lowest BCUT2D eigenvalue weighted by atomic mass is 10.1. The fraction of sp³-hybridized carbons (Fsp3) is 0.333. The number of aromatic hydroxyl groups is 1. The normalized spacial score (nSPS) is 17.9. The number of nitrogens with zero attached hydrogens (tertiary/aromatic N) is 3. The van der Waals surface area contributed by atoms with Crippen molar-refractivity contribution < 1.29 is 9.90 Å². The van der Waals surface area contributed by atoms with E-state index in [0.717, 1.165) is 12.2 Å². The van der Waals surface area contributed by atoms with Crippen molar-refractivity contribution in [3.63, 3.8) is 0 Å². The summed E-state index contributed by atoms with van der Waals surface area (Å²) in [5, 5.41) is 9.45. The lowest BCUT2D eigenvalue weighted by Crippen LogP contribution is -2.41. The first-order valence-electron chi connectivity index (χ1n) is 6.69. The van der Waals surface area contributed by atoms with E-state index in [0.29, 0.717) is 12.1 Å². The lowest BCUT2D eigenvalue weighted by molar-refractivity contribution is 0.0642. The van der Waals surface area contributed by atoms with E-state index < -0.39 is 0 Å². The zero-order chi connectivity index (χ0) is 14.3. The van der Waals surface area contributed by atoms with Gasteiger partial charge in [-0.05, 0) is 32.0 Å². The second-order valence-corrected chi connectivity index (χ2v) is 5.16. The summed E-state index contributed by atoms with van der Waals surface area (Å²) in [5.74, 6) is -0.0780. The van der Waals surface area contributed by atoms with Crippen LogP contribution in [-0.4, -0.2) is 32.0 Å². The summed E-state index contributed by atoms with van der Waals surface area (Å²) in [6, 6.07) is 5.63. The van der Waals surface area contributed by atoms with Crippen molar-refractivity contribution in [3.8, 4) is 5.75 Å². The first-order valence-corrected chi connectivity index (χ1v) is 6.69. The average Bonchev–Trinajstić information content (AvgIpc) is 2.81. The van der Waals surface area contributed by atoms with Crippen LogP contribution >= 0.6 is 0 Å². The molecule has 0 saturated carbocycles. The molecule has 1 unspecified atom stereocenters. The fourth-order valence-corrected chi connectivity index (χ4v) is 2.81. The molecule has 3 heterocycles. The standard InChI is InChI=1S/C15H17N3O2/c1-10-3-4-14-11(2)18(6-5-17(10)14)15(20)12-7-13(19)9-16-8-12/h3-4,7-9,11,19H,5-6H2,1-2H3. The molecule has 0 spiro atoms. The number of hydrogen-bond acceptors (Lipinski definition) is 3. The molecule has 2 aromatic rings. The molecule has 0 aliphatic carbocycles. The van der Waals surface area contributed by atoms with Crippen LogP contribution in [0.15, 0.2) is 30.6 Å². The van der Waals surface area contributed by atoms with Gasteiger partial charge in [-0.3, -0.25) is 9.78 Å². The summed E-state index contributed by atoms with van der Waals surface area (Å²) in [6.45, 7) is 5.57. The van der Waals surface area contributed by atoms with Crippen LogP contribution in [0, 0.1) is 6.92 Å². The lowest BCUT2D eigenvalue weighted by Gasteiger charge is -2.35. The van der Waals surface area contributed by atoms with Crippen LogP contribution in [0.1, 0.15) is 34.7 Å². The van der Waals surface area contributed by atoms with Gasteiger partial charge in [-0.25, -0.2) is 0 Å². The van der Waals surface area contributed by atoms with Crippen LogP contribution < -0.4 is 0 Å². The van der Waals surface area contributed by atoms with E-state index in [1.54, 1.807) is 0 Å². The van der Waals surface area contributed by atoms with Crippen molar-refractivity contribution in [1.29, 1.82) is 0 Å². The Kier molecular flexibility index (Phi) is 2.97. The molecular formula is C15H17N3O2. The number of fused-ring (bicyclic) bond motifs is 1. The summed E-state index contributed by atoms with van der Waals surface area (Å²) in [5.41, 5.74) is 2.79. The highest BCUT2D eigenvalue weighted by Gasteiger charge is 2.29. The highest BCUT2D eigenvalue weighted by atomic mass is 16.3. The number of pyridine rings is 1. The van der Waals surface area contributed by atoms with Gasteiger partial charge in [-0.1, -0.05) is 0 Å². The van der Waals surface area contributed by atoms with Crippen LogP contribution in [0.2, 0.25) is 0 Å². The number of aromatic nitrogens is 2. The van der Waals surface area contributed by atoms with Gasteiger partial charge >= 0.3 is 0 Å². The Morgan fingerprint density at radius 1 is 1.35 bits per heavy atom. The number of hydrogen-bond donors (Lipinski definition) is 1. The Morgan fingerprint density at radius 2 is 2.15 bits per heavy atom. The van der Waals surface area contributed by atoms with E-state index >= 15 is 0 Å². The van der Waals surface area contributed by atoms with Crippen LogP contribution in [0.4, 0.5) is 0 Å². The Bertz CT molecular complexity index is 663. The van der Waals surface area contributed by atoms with Crippen LogP contribution in [-0.2, 0) is 6.54 Å². The first kappa shape index (κ1) is 12.7. The zero-order valence-electron chi connectivity index (χ0n) is 11.6. The van der Waals surface area contributed by atoms with Crippen LogP contribution in [0.25, 0.3) is 0 Å². The molecule has 5 nitrogen and oxygen atoms in total. The summed E-state index contributed by atoms with van der Waals surface area (Å²) >= 11 is 0. The van der Waals surface area contributed by atoms with Crippen LogP contribution in [0.5, 0.6) is 5.75 Å². The molecule has 1 aliphatic heterocycles. The monoisotopic (exact) mass is 271 g/mol. The van der Waals surface area contributed by atoms with Crippen LogP contribution in [0.3, 0.4) is 0 Å². The van der Waals surface area contributed by atoms with E-state index in [-0.39, 0.29) is 17.7 Å². The molecule has 20 heavy (non-hydrogen) atoms. The molecule has 5 heteroatoms. The predicted octanol–water partition coefficient (Wildman–Crippen LogP) is 2.11. The molecule has 0 radical (unpaired) electrons. The van der Waals surface area contributed by atoms with Crippen molar-refractivity contribution in [2.75, 3.05) is 6.54 Å². The van der Waals surface area contributed by atoms with Crippen molar-refractivity contribution in [1.82, 2.24) is 14.5 Å². The maximum absolute atomic E-state index is 12.5. The molecule has 1 atom stereocenters. The van der Waals surface area contributed by atoms with Crippen molar-refractivity contribution in [2.45, 2.75) is 26.4 Å². The summed E-state index contributed by atoms with van der Waals surface area (Å²) in [7, 11) is 0. The van der Waals surface area contributed by atoms with Gasteiger partial charge in [-0.2, -0.15) is 0 Å². The molecule has 1 amide bonds. The van der Waals surface area contributed by atoms with E-state index in [9.17, 15) is 9.90 Å². The highest BCUT2D eigenvalue weighted by Crippen LogP contribution is 2.28. The van der Waals surface area contributed by atoms with Gasteiger partial charge in [-0.15, -0.1) is 0 Å². The Balaban J connectivity index is 1.91. The number of carbonyl (C=O) groups excluding carboxylic acids is 1. The molecule has 0 bridgehead atoms. The van der Waals surface area contributed by atoms with E-state index in [4.69, 9.17) is 0 Å². The molecule has 104 valence electrons. The minimum atomic E-state index is -0.0917. The second kappa shape index (κ2) is 4.67. The smallest absolute Gasteiger partial charge is 0.256 e. The summed E-state index contributed by atoms with van der Waals surface area (Å²) in [6.07, 6.45) is 2.82. The number of rotatable bonds is 1. The molecular weight excluding hydrogens is 254 g/mol. The minimum absolute atomic E-state index is 0.0136. The maximum Gasteiger partial charge on any atom is 0.256 e. The van der Waals surface area contributed by atoms with Gasteiger partial charge in [0, 0.05) is 30.7 Å². The SMILES string of the molecule is Cc1ccc2n1CCN(C(=O)c1cncc(O)c1)C2C. The number of amides is 1. The third kappa shape index (κ3) is 1.95. The quantitative estimate of drug-likeness (QED) is 0.864. The van der Waals surface area contributed by atoms with Gasteiger partial charge in [0.2, 0.25) is 0 Å². The first-order chi connectivity index (χ1) is 9.58. The number of aryl methyl sites for hydroxylation is 1. The number of carbonyl (C=O) groups is 1. The molecule has 0 aromatic carbocycles. The fourth-order valence-electron chi connectivity index (χ4n) is 2.81. The average molecular weight is 271 g/mol.